The molecular formula is C72H47N. The lowest BCUT2D eigenvalue weighted by Crippen LogP contribution is -2.28. The Morgan fingerprint density at radius 1 is 0.260 bits per heavy atom. The average molecular weight is 973 g/mol. The van der Waals surface area contributed by atoms with Crippen molar-refractivity contribution in [1.29, 1.82) is 0 Å². The molecule has 0 aliphatic heterocycles. The van der Waals surface area contributed by atoms with E-state index in [9.17, 15) is 42.5 Å². The normalized spacial score (nSPS) is 22.7. The van der Waals surface area contributed by atoms with E-state index in [1.54, 1.807) is 0 Å². The predicted octanol–water partition coefficient (Wildman–Crippen LogP) is 18.4. The van der Waals surface area contributed by atoms with E-state index in [1.807, 2.05) is 0 Å². The van der Waals surface area contributed by atoms with Crippen molar-refractivity contribution >= 4 is 27.8 Å². The Kier molecular flexibility index (Phi) is 3.56. The lowest BCUT2D eigenvalue weighted by Gasteiger charge is -2.34. The van der Waals surface area contributed by atoms with E-state index in [1.165, 1.54) is 0 Å². The zero-order chi connectivity index (χ0) is 89.0. The van der Waals surface area contributed by atoms with Gasteiger partial charge in [-0.05, 0) is 147 Å². The SMILES string of the molecule is [2H]c1c([2H])c([2H])c(N(c2c([2H])c([2H])c(-c3c([2H])c([2H])c4c([2H])c([2H])c([2H])c([2H])c4c3-c3c([2H])c([2H])c([2H])c4c3-c3c([2H])c([2H])c([2H])c([2H])c3C4(c3c([2H])c([2H])c([2H])c([2H])c3[2H])c3c([2H])c([2H])c([2H])c([2H])c3[2H])c([2H])c2[2H])c2c([2H])c([2H])c3c(c2[2H])C2(c4c([2H])c([2H])c([2H])c([2H])c4-c4c([2H])c([2H])c([2H])c([2H])c42)c2c([2H])c([2H])c([2H])c([2H])c2-3)c([2H])c1[2H]. The number of fused-ring (bicyclic) bond motifs is 14. The van der Waals surface area contributed by atoms with Crippen LogP contribution in [0.4, 0.5) is 17.1 Å². The monoisotopic (exact) mass is 973 g/mol. The van der Waals surface area contributed by atoms with Gasteiger partial charge in [-0.15, -0.1) is 0 Å². The topological polar surface area (TPSA) is 3.24 Å². The van der Waals surface area contributed by atoms with Gasteiger partial charge in [0.25, 0.3) is 0 Å². The number of hydrogen-bond acceptors (Lipinski definition) is 1. The van der Waals surface area contributed by atoms with Crippen LogP contribution in [0.15, 0.2) is 284 Å². The molecule has 0 heterocycles. The van der Waals surface area contributed by atoms with Crippen molar-refractivity contribution in [1.82, 2.24) is 0 Å². The minimum absolute atomic E-state index is 0.155. The van der Waals surface area contributed by atoms with Crippen molar-refractivity contribution in [3.63, 3.8) is 0 Å². The fourth-order valence-corrected chi connectivity index (χ4v) is 10.2. The molecule has 0 N–H and O–H groups in total. The van der Waals surface area contributed by atoms with Crippen LogP contribution < -0.4 is 4.90 Å². The Bertz CT molecular complexity index is 6720. The summed E-state index contributed by atoms with van der Waals surface area (Å²) < 4.78 is 449. The Morgan fingerprint density at radius 2 is 0.699 bits per heavy atom. The number of anilines is 3. The summed E-state index contributed by atoms with van der Waals surface area (Å²) in [5.41, 5.74) is -30.4. The molecule has 12 aromatic rings. The van der Waals surface area contributed by atoms with Gasteiger partial charge in [-0.2, -0.15) is 0 Å². The Labute approximate surface area is 492 Å². The number of rotatable bonds is 7. The first-order valence-corrected chi connectivity index (χ1v) is 21.7. The summed E-state index contributed by atoms with van der Waals surface area (Å²) in [6.07, 6.45) is 0. The molecule has 1 nitrogen and oxygen atoms in total. The maximum absolute atomic E-state index is 10.8. The van der Waals surface area contributed by atoms with Crippen LogP contribution in [0.2, 0.25) is 0 Å². The van der Waals surface area contributed by atoms with Gasteiger partial charge in [0.15, 0.2) is 0 Å². The minimum atomic E-state index is -3.60. The number of hydrogen-bond donors (Lipinski definition) is 0. The van der Waals surface area contributed by atoms with Crippen molar-refractivity contribution in [2.75, 3.05) is 4.90 Å². The second kappa shape index (κ2) is 16.1. The number of benzene rings is 12. The van der Waals surface area contributed by atoms with E-state index in [2.05, 4.69) is 0 Å². The van der Waals surface area contributed by atoms with Crippen molar-refractivity contribution < 1.29 is 64.4 Å². The molecule has 1 heteroatoms. The maximum Gasteiger partial charge on any atom is 0.0726 e. The molecule has 0 bridgehead atoms. The third kappa shape index (κ3) is 5.79. The third-order valence-corrected chi connectivity index (χ3v) is 12.9. The highest BCUT2D eigenvalue weighted by Gasteiger charge is 2.52. The van der Waals surface area contributed by atoms with Crippen LogP contribution in [-0.2, 0) is 10.8 Å². The van der Waals surface area contributed by atoms with Crippen LogP contribution >= 0.6 is 0 Å². The highest BCUT2D eigenvalue weighted by atomic mass is 15.1. The van der Waals surface area contributed by atoms with Crippen LogP contribution in [-0.4, -0.2) is 0 Å². The molecule has 0 atom stereocenters. The van der Waals surface area contributed by atoms with E-state index < -0.39 is 423 Å². The van der Waals surface area contributed by atoms with Gasteiger partial charge in [0.05, 0.1) is 75.3 Å². The number of nitrogens with zero attached hydrogens (tertiary/aromatic N) is 1. The summed E-state index contributed by atoms with van der Waals surface area (Å²) in [4.78, 5) is 0.155. The molecule has 3 aliphatic rings. The van der Waals surface area contributed by atoms with E-state index >= 15 is 0 Å². The molecule has 0 unspecified atom stereocenters. The zero-order valence-corrected chi connectivity index (χ0v) is 36.4. The van der Waals surface area contributed by atoms with Gasteiger partial charge in [-0.1, -0.05) is 248 Å². The molecule has 0 aromatic heterocycles. The van der Waals surface area contributed by atoms with Crippen LogP contribution in [0.1, 0.15) is 109 Å². The van der Waals surface area contributed by atoms with Crippen molar-refractivity contribution in [3.05, 3.63) is 329 Å². The Morgan fingerprint density at radius 3 is 1.32 bits per heavy atom. The largest absolute Gasteiger partial charge is 0.310 e. The van der Waals surface area contributed by atoms with E-state index in [-0.39, 0.29) is 4.90 Å². The summed E-state index contributed by atoms with van der Waals surface area (Å²) in [5, 5.41) is -2.17. The molecular weight excluding hydrogens is 879 g/mol. The minimum Gasteiger partial charge on any atom is -0.310 e. The Balaban J connectivity index is 1.17. The van der Waals surface area contributed by atoms with Gasteiger partial charge in [-0.3, -0.25) is 0 Å². The molecule has 340 valence electrons. The quantitative estimate of drug-likeness (QED) is 0.154. The molecule has 0 amide bonds. The zero-order valence-electron chi connectivity index (χ0n) is 83.4. The van der Waals surface area contributed by atoms with Crippen LogP contribution in [0.5, 0.6) is 0 Å². The van der Waals surface area contributed by atoms with Crippen molar-refractivity contribution in [3.8, 4) is 55.6 Å². The van der Waals surface area contributed by atoms with E-state index in [0.717, 1.165) is 0 Å². The molecule has 12 aromatic carbocycles. The lowest BCUT2D eigenvalue weighted by atomic mass is 9.67. The summed E-state index contributed by atoms with van der Waals surface area (Å²) in [6, 6.07) is -60.9. The van der Waals surface area contributed by atoms with Crippen LogP contribution in [0.25, 0.3) is 66.4 Å². The third-order valence-electron chi connectivity index (χ3n) is 12.9. The van der Waals surface area contributed by atoms with Crippen LogP contribution in [0.3, 0.4) is 0 Å². The summed E-state index contributed by atoms with van der Waals surface area (Å²) in [7, 11) is 0. The second-order valence-electron chi connectivity index (χ2n) is 16.3. The average Bonchev–Trinajstić information content (AvgIpc) is 1.47. The number of para-hydroxylation sites is 1. The van der Waals surface area contributed by atoms with Gasteiger partial charge in [-0.25, -0.2) is 0 Å². The molecule has 0 radical (unpaired) electrons. The predicted molar refractivity (Wildman–Crippen MR) is 303 cm³/mol. The van der Waals surface area contributed by atoms with Gasteiger partial charge >= 0.3 is 0 Å². The van der Waals surface area contributed by atoms with Crippen molar-refractivity contribution in [2.24, 2.45) is 0 Å². The van der Waals surface area contributed by atoms with E-state index in [0.29, 0.717) is 0 Å². The highest BCUT2D eigenvalue weighted by molar-refractivity contribution is 6.09. The van der Waals surface area contributed by atoms with Gasteiger partial charge in [0, 0.05) is 17.1 Å². The van der Waals surface area contributed by atoms with E-state index in [4.69, 9.17) is 21.9 Å². The molecule has 1 spiro atoms. The summed E-state index contributed by atoms with van der Waals surface area (Å²) in [5.74, 6) is 0. The van der Waals surface area contributed by atoms with Gasteiger partial charge < -0.3 is 4.90 Å². The first kappa shape index (κ1) is 16.1. The summed E-state index contributed by atoms with van der Waals surface area (Å²) >= 11 is 0. The van der Waals surface area contributed by atoms with Crippen molar-refractivity contribution in [2.45, 2.75) is 10.8 Å². The Hall–Kier alpha value is -9.30. The second-order valence-corrected chi connectivity index (χ2v) is 16.3. The smallest absolute Gasteiger partial charge is 0.0726 e. The lowest BCUT2D eigenvalue weighted by molar-refractivity contribution is 0.768. The molecule has 0 saturated carbocycles. The van der Waals surface area contributed by atoms with Crippen LogP contribution in [0, 0.1) is 0 Å². The molecule has 15 rings (SSSR count). The first-order valence-electron chi connectivity index (χ1n) is 45.2. The summed E-state index contributed by atoms with van der Waals surface area (Å²) in [6.45, 7) is 0. The molecule has 0 fully saturated rings. The fraction of sp³-hybridized carbons (Fsp3) is 0.0278. The standard InChI is InChI=1S/C72H47N/c1-4-22-50(23-5-1)71(51-24-6-2-7-25-51)66-37-19-15-32-61(66)70-62(33-20-38-67(70)71)69-55-28-11-10-21-48(55)41-45-56(69)49-39-42-53(43-40-49)73(52-26-8-3-9-27-52)54-44-46-60-59-31-14-18-36-65(59)72(68(60)47-54)63-34-16-12-29-57(63)58-30-13-17-35-64(58)72/h1-47H/i1D,2D,3D,4D,5D,6D,7D,8D,9D,10D,11D,12D,13D,14D,15D,16D,17D,18D,19D,20D,21D,22D,23D,24D,25D,26D,27D,28D,29D,30D,31D,32D,33D,34D,35D,36D,37D,38D,39D,40D,41D,42D,43D,44D,45D,46D,47D. The first-order chi connectivity index (χ1) is 55.8. The van der Waals surface area contributed by atoms with Gasteiger partial charge in [0.1, 0.15) is 0 Å². The van der Waals surface area contributed by atoms with Gasteiger partial charge in [0.2, 0.25) is 0 Å². The molecule has 0 saturated heterocycles. The molecule has 73 heavy (non-hydrogen) atoms. The maximum atomic E-state index is 10.8. The fourth-order valence-electron chi connectivity index (χ4n) is 10.2. The molecule has 3 aliphatic carbocycles. The highest BCUT2D eigenvalue weighted by Crippen LogP contribution is 2.64.